The summed E-state index contributed by atoms with van der Waals surface area (Å²) in [6, 6.07) is 18.7. The van der Waals surface area contributed by atoms with Gasteiger partial charge >= 0.3 is 5.97 Å². The molecule has 0 fully saturated rings. The van der Waals surface area contributed by atoms with Gasteiger partial charge in [-0.2, -0.15) is 4.57 Å². The second-order valence-electron chi connectivity index (χ2n) is 7.70. The minimum Gasteiger partial charge on any atom is -0.466 e. The maximum absolute atomic E-state index is 11.6. The number of allylic oxidation sites excluding steroid dienone is 2. The van der Waals surface area contributed by atoms with Crippen LogP contribution in [0, 0.1) is 0 Å². The molecule has 2 heterocycles. The fraction of sp³-hybridized carbons (Fsp3) is 0.259. The van der Waals surface area contributed by atoms with Crippen LogP contribution in [0.3, 0.4) is 0 Å². The summed E-state index contributed by atoms with van der Waals surface area (Å²) in [4.78, 5) is 15.0. The first kappa shape index (κ1) is 23.1. The fourth-order valence-corrected chi connectivity index (χ4v) is 5.12. The first-order chi connectivity index (χ1) is 16.2. The van der Waals surface area contributed by atoms with Crippen LogP contribution in [0.15, 0.2) is 82.9 Å². The van der Waals surface area contributed by atoms with E-state index in [1.54, 1.807) is 11.8 Å². The Labute approximate surface area is 199 Å². The predicted octanol–water partition coefficient (Wildman–Crippen LogP) is 4.93. The number of aliphatic hydroxyl groups is 1. The number of benzene rings is 2. The van der Waals surface area contributed by atoms with E-state index in [-0.39, 0.29) is 12.6 Å². The van der Waals surface area contributed by atoms with Crippen molar-refractivity contribution in [1.29, 1.82) is 0 Å². The van der Waals surface area contributed by atoms with Gasteiger partial charge in [-0.3, -0.25) is 4.79 Å². The summed E-state index contributed by atoms with van der Waals surface area (Å²) in [5.74, 6) is -0.142. The first-order valence-electron chi connectivity index (χ1n) is 11.3. The smallest absolute Gasteiger partial charge is 0.306 e. The molecule has 0 atom stereocenters. The van der Waals surface area contributed by atoms with Gasteiger partial charge in [-0.1, -0.05) is 48.2 Å². The molecule has 0 saturated heterocycles. The van der Waals surface area contributed by atoms with Crippen molar-refractivity contribution < 1.29 is 19.2 Å². The van der Waals surface area contributed by atoms with Gasteiger partial charge in [-0.05, 0) is 36.8 Å². The maximum atomic E-state index is 11.6. The predicted molar refractivity (Wildman–Crippen MR) is 134 cm³/mol. The lowest BCUT2D eigenvalue weighted by Crippen LogP contribution is -2.34. The molecule has 2 aromatic carbocycles. The number of rotatable bonds is 9. The van der Waals surface area contributed by atoms with E-state index in [9.17, 15) is 9.90 Å². The molecule has 0 unspecified atom stereocenters. The molecule has 170 valence electrons. The van der Waals surface area contributed by atoms with Gasteiger partial charge in [0.05, 0.1) is 35.7 Å². The van der Waals surface area contributed by atoms with Crippen LogP contribution < -0.4 is 9.47 Å². The highest BCUT2D eigenvalue weighted by atomic mass is 32.2. The third-order valence-electron chi connectivity index (χ3n) is 5.52. The van der Waals surface area contributed by atoms with Crippen LogP contribution >= 0.6 is 11.8 Å². The largest absolute Gasteiger partial charge is 0.466 e. The molecule has 4 rings (SSSR count). The number of para-hydroxylation sites is 2. The van der Waals surface area contributed by atoms with Gasteiger partial charge in [0.25, 0.3) is 0 Å². The van der Waals surface area contributed by atoms with Crippen LogP contribution in [0.1, 0.15) is 25.3 Å². The third-order valence-corrected chi connectivity index (χ3v) is 6.65. The quantitative estimate of drug-likeness (QED) is 0.362. The van der Waals surface area contributed by atoms with Crippen molar-refractivity contribution >= 4 is 40.4 Å². The molecule has 0 bridgehead atoms. The molecule has 0 radical (unpaired) electrons. The van der Waals surface area contributed by atoms with Crippen molar-refractivity contribution in [2.75, 3.05) is 24.7 Å². The zero-order chi connectivity index (χ0) is 23.0. The molecule has 0 saturated carbocycles. The summed E-state index contributed by atoms with van der Waals surface area (Å²) >= 11 is 1.72. The number of aliphatic hydroxyl groups excluding tert-OH is 1. The zero-order valence-corrected chi connectivity index (χ0v) is 19.6. The van der Waals surface area contributed by atoms with Crippen molar-refractivity contribution in [1.82, 2.24) is 0 Å². The molecule has 1 aliphatic rings. The number of aryl methyl sites for hydroxylation is 1. The van der Waals surface area contributed by atoms with E-state index in [0.29, 0.717) is 19.6 Å². The lowest BCUT2D eigenvalue weighted by molar-refractivity contribution is -0.671. The molecule has 5 nitrogen and oxygen atoms in total. The number of fused-ring (bicyclic) bond motifs is 2. The minimum absolute atomic E-state index is 0.107. The molecule has 6 heteroatoms. The molecule has 0 amide bonds. The Hall–Kier alpha value is -3.09. The number of hydrogen-bond acceptors (Lipinski definition) is 5. The number of carbonyl (C=O) groups is 1. The van der Waals surface area contributed by atoms with E-state index < -0.39 is 0 Å². The van der Waals surface area contributed by atoms with Gasteiger partial charge in [0.15, 0.2) is 6.20 Å². The van der Waals surface area contributed by atoms with Crippen LogP contribution in [0.5, 0.6) is 0 Å². The van der Waals surface area contributed by atoms with Crippen LogP contribution in [0.25, 0.3) is 17.0 Å². The third kappa shape index (κ3) is 5.46. The lowest BCUT2D eigenvalue weighted by atomic mass is 10.1. The molecule has 3 aromatic rings. The number of thioether (sulfide) groups is 1. The summed E-state index contributed by atoms with van der Waals surface area (Å²) in [6.07, 6.45) is 9.56. The van der Waals surface area contributed by atoms with E-state index >= 15 is 0 Å². The van der Waals surface area contributed by atoms with Crippen molar-refractivity contribution in [2.24, 2.45) is 0 Å². The highest BCUT2D eigenvalue weighted by Gasteiger charge is 2.23. The van der Waals surface area contributed by atoms with E-state index in [4.69, 9.17) is 4.74 Å². The van der Waals surface area contributed by atoms with E-state index in [2.05, 4.69) is 64.2 Å². The molecule has 0 spiro atoms. The molecule has 1 aromatic heterocycles. The summed E-state index contributed by atoms with van der Waals surface area (Å²) in [6.45, 7) is 3.70. The fourth-order valence-electron chi connectivity index (χ4n) is 4.02. The SMILES string of the molecule is CCOC(=O)CCC[n+]1ccc(/C=C/C=C2\Sc3ccccc3N2CCO)c2ccccc21. The highest BCUT2D eigenvalue weighted by molar-refractivity contribution is 8.03. The second kappa shape index (κ2) is 11.2. The van der Waals surface area contributed by atoms with Gasteiger partial charge in [-0.15, -0.1) is 0 Å². The summed E-state index contributed by atoms with van der Waals surface area (Å²) < 4.78 is 7.23. The minimum atomic E-state index is -0.142. The van der Waals surface area contributed by atoms with Crippen molar-refractivity contribution in [3.63, 3.8) is 0 Å². The van der Waals surface area contributed by atoms with E-state index in [0.717, 1.165) is 34.8 Å². The second-order valence-corrected chi connectivity index (χ2v) is 8.76. The number of anilines is 1. The highest BCUT2D eigenvalue weighted by Crippen LogP contribution is 2.45. The van der Waals surface area contributed by atoms with Crippen LogP contribution in [0.2, 0.25) is 0 Å². The number of nitrogens with zero attached hydrogens (tertiary/aromatic N) is 2. The maximum Gasteiger partial charge on any atom is 0.306 e. The summed E-state index contributed by atoms with van der Waals surface area (Å²) in [5.41, 5.74) is 3.42. The number of esters is 1. The Kier molecular flexibility index (Phi) is 7.81. The standard InChI is InChI=1S/C27H29N2O3S/c1-2-32-27(31)15-8-17-28-18-16-21(22-10-3-4-11-23(22)28)9-7-14-26-29(19-20-30)24-12-5-6-13-25(24)33-26/h3-7,9-14,16,18,30H,2,8,15,17,19-20H2,1H3/q+1. The molecule has 1 N–H and O–H groups in total. The lowest BCUT2D eigenvalue weighted by Gasteiger charge is -2.18. The van der Waals surface area contributed by atoms with Crippen molar-refractivity contribution in [3.05, 3.63) is 83.5 Å². The number of aromatic nitrogens is 1. The number of hydrogen-bond donors (Lipinski definition) is 1. The van der Waals surface area contributed by atoms with Crippen LogP contribution in [0.4, 0.5) is 5.69 Å². The van der Waals surface area contributed by atoms with Gasteiger partial charge in [0.1, 0.15) is 6.54 Å². The van der Waals surface area contributed by atoms with Crippen LogP contribution in [-0.4, -0.2) is 30.8 Å². The molecular formula is C27H29N2O3S+. The first-order valence-corrected chi connectivity index (χ1v) is 12.1. The van der Waals surface area contributed by atoms with Crippen LogP contribution in [-0.2, 0) is 16.1 Å². The Morgan fingerprint density at radius 3 is 2.82 bits per heavy atom. The van der Waals surface area contributed by atoms with Crippen molar-refractivity contribution in [3.8, 4) is 0 Å². The number of pyridine rings is 1. The van der Waals surface area contributed by atoms with Gasteiger partial charge < -0.3 is 14.7 Å². The Morgan fingerprint density at radius 2 is 1.97 bits per heavy atom. The molecule has 1 aliphatic heterocycles. The van der Waals surface area contributed by atoms with Gasteiger partial charge in [0, 0.05) is 30.0 Å². The average Bonchev–Trinajstić information content (AvgIpc) is 3.18. The number of β-amino-alcohol motifs (C(OH)–C–C–N with tert-alkyl or cyclic N) is 1. The van der Waals surface area contributed by atoms with Crippen molar-refractivity contribution in [2.45, 2.75) is 31.2 Å². The van der Waals surface area contributed by atoms with Gasteiger partial charge in [-0.25, -0.2) is 0 Å². The number of carbonyl (C=O) groups excluding carboxylic acids is 1. The van der Waals surface area contributed by atoms with E-state index in [1.807, 2.05) is 31.2 Å². The summed E-state index contributed by atoms with van der Waals surface area (Å²) in [5, 5.41) is 11.8. The number of ether oxygens (including phenoxy) is 1. The Morgan fingerprint density at radius 1 is 1.15 bits per heavy atom. The molecule has 0 aliphatic carbocycles. The summed E-state index contributed by atoms with van der Waals surface area (Å²) in [7, 11) is 0. The monoisotopic (exact) mass is 461 g/mol. The van der Waals surface area contributed by atoms with Gasteiger partial charge in [0.2, 0.25) is 5.52 Å². The topological polar surface area (TPSA) is 53.7 Å². The Bertz CT molecular complexity index is 1190. The molecular weight excluding hydrogens is 432 g/mol. The Balaban J connectivity index is 1.53. The average molecular weight is 462 g/mol. The normalized spacial score (nSPS) is 14.4. The zero-order valence-electron chi connectivity index (χ0n) is 18.8. The molecule has 33 heavy (non-hydrogen) atoms. The van der Waals surface area contributed by atoms with E-state index in [1.165, 1.54) is 10.3 Å².